The summed E-state index contributed by atoms with van der Waals surface area (Å²) in [7, 11) is -5.79. The van der Waals surface area contributed by atoms with Crippen LogP contribution in [0.4, 0.5) is 15.1 Å². The lowest BCUT2D eigenvalue weighted by atomic mass is 9.95. The van der Waals surface area contributed by atoms with Crippen LogP contribution < -0.4 is 17.2 Å². The summed E-state index contributed by atoms with van der Waals surface area (Å²) >= 11 is 5.57. The normalized spacial score (nSPS) is 26.9. The van der Waals surface area contributed by atoms with Crippen LogP contribution in [0.2, 0.25) is 0 Å². The van der Waals surface area contributed by atoms with Crippen molar-refractivity contribution in [1.82, 2.24) is 0 Å². The minimum atomic E-state index is -5.79. The Hall–Kier alpha value is -2.90. The van der Waals surface area contributed by atoms with Crippen LogP contribution in [-0.2, 0) is 77.3 Å². The fourth-order valence-electron chi connectivity index (χ4n) is 7.00. The number of amides is 1. The zero-order valence-corrected chi connectivity index (χ0v) is 39.3. The largest absolute Gasteiger partial charge is 0.481 e. The maximum absolute atomic E-state index is 16.1. The summed E-state index contributed by atoms with van der Waals surface area (Å²) in [4.78, 5) is 82.5. The van der Waals surface area contributed by atoms with Gasteiger partial charge in [-0.05, 0) is 18.2 Å². The van der Waals surface area contributed by atoms with E-state index in [0.29, 0.717) is 17.8 Å². The van der Waals surface area contributed by atoms with Crippen LogP contribution in [0.5, 0.6) is 0 Å². The fraction of sp³-hybridized carbons (Fsp3) is 0.757. The minimum absolute atomic E-state index is 0.0399. The molecule has 64 heavy (non-hydrogen) atoms. The topological polar surface area (TPSA) is 344 Å². The number of thiophene rings is 1. The van der Waals surface area contributed by atoms with Crippen LogP contribution in [0.1, 0.15) is 126 Å². The van der Waals surface area contributed by atoms with Crippen molar-refractivity contribution in [2.45, 2.75) is 166 Å². The first-order valence-corrected chi connectivity index (χ1v) is 25.5. The van der Waals surface area contributed by atoms with E-state index in [2.05, 4.69) is 6.92 Å². The third-order valence-corrected chi connectivity index (χ3v) is 14.5. The Balaban J connectivity index is 1.71. The number of hydrogen-bond acceptors (Lipinski definition) is 21. The van der Waals surface area contributed by atoms with Crippen molar-refractivity contribution in [3.8, 4) is 0 Å². The number of nitrogens with two attached hydrogens (primary N) is 3. The first-order chi connectivity index (χ1) is 30.0. The maximum Gasteiger partial charge on any atom is 0.481 e. The average Bonchev–Trinajstić information content (AvgIpc) is 3.64. The van der Waals surface area contributed by atoms with Crippen LogP contribution >= 0.6 is 25.9 Å². The van der Waals surface area contributed by atoms with Crippen LogP contribution in [0, 0.1) is 0 Å². The van der Waals surface area contributed by atoms with Gasteiger partial charge in [-0.25, -0.2) is 13.3 Å². The van der Waals surface area contributed by atoms with Gasteiger partial charge >= 0.3 is 38.4 Å². The number of halogens is 1. The summed E-state index contributed by atoms with van der Waals surface area (Å²) in [6, 6.07) is 0. The van der Waals surface area contributed by atoms with Crippen LogP contribution in [0.25, 0.3) is 0 Å². The van der Waals surface area contributed by atoms with Crippen molar-refractivity contribution in [3.05, 3.63) is 10.4 Å². The number of primary amides is 1. The molecule has 0 aliphatic carbocycles. The van der Waals surface area contributed by atoms with E-state index >= 15 is 4.39 Å². The van der Waals surface area contributed by atoms with Gasteiger partial charge in [0.2, 0.25) is 6.29 Å². The van der Waals surface area contributed by atoms with Crippen molar-refractivity contribution in [3.63, 3.8) is 0 Å². The average molecular weight is 996 g/mol. The summed E-state index contributed by atoms with van der Waals surface area (Å²) in [5, 5.41) is 21.3. The number of alkyl halides is 1. The molecular weight excluding hydrogens is 935 g/mol. The highest BCUT2D eigenvalue weighted by atomic mass is 32.5. The molecule has 0 aromatic carbocycles. The summed E-state index contributed by atoms with van der Waals surface area (Å²) in [6.07, 6.45) is -8.02. The molecule has 2 aliphatic rings. The van der Waals surface area contributed by atoms with Crippen molar-refractivity contribution in [2.24, 2.45) is 5.73 Å². The zero-order chi connectivity index (χ0) is 47.9. The van der Waals surface area contributed by atoms with Crippen molar-refractivity contribution in [2.75, 3.05) is 24.7 Å². The number of hydrogen-bond donors (Lipinski definition) is 7. The standard InChI is InChI=1S/C37H60FN3O19P2S2/c1-5-6-7-8-9-10-11-12-13-14-15-16-24(45)52-17-22(38)29-31(54-19(2)42)32(55-20(3)43)33(56-21(4)44)37(58-29)59-61(49,50)60-62(51,63)53-18-23-27(46)28(47)30(57-23)25-26(39)34(35(40)48)64-36(25)41/h22-23,27-33,37,46-47H,5-18,39,41H2,1-4H3,(H2,40,48)(H,49,50)(H,51,63)/t22-,23+,27-,28+,29?,30-,31+,32-,33+,37-,62?/m0/s1. The number of phosphoric acid groups is 1. The van der Waals surface area contributed by atoms with E-state index in [1.54, 1.807) is 0 Å². The Morgan fingerprint density at radius 1 is 0.828 bits per heavy atom. The second-order valence-electron chi connectivity index (χ2n) is 15.2. The maximum atomic E-state index is 16.1. The number of rotatable bonds is 27. The van der Waals surface area contributed by atoms with Crippen LogP contribution in [-0.4, -0.2) is 118 Å². The molecule has 10 N–H and O–H groups in total. The monoisotopic (exact) mass is 995 g/mol. The Morgan fingerprint density at radius 3 is 1.89 bits per heavy atom. The van der Waals surface area contributed by atoms with Gasteiger partial charge in [0.1, 0.15) is 42.0 Å². The highest BCUT2D eigenvalue weighted by molar-refractivity contribution is 8.08. The van der Waals surface area contributed by atoms with Gasteiger partial charge in [0, 0.05) is 32.8 Å². The number of anilines is 2. The Morgan fingerprint density at radius 2 is 1.36 bits per heavy atom. The molecule has 0 saturated carbocycles. The van der Waals surface area contributed by atoms with Gasteiger partial charge in [0.25, 0.3) is 5.91 Å². The first kappa shape index (κ1) is 55.4. The summed E-state index contributed by atoms with van der Waals surface area (Å²) in [5.41, 5.74) is 17.0. The molecular formula is C37H60FN3O19P2S2. The molecule has 2 saturated heterocycles. The first-order valence-electron chi connectivity index (χ1n) is 20.6. The highest BCUT2D eigenvalue weighted by Crippen LogP contribution is 2.62. The van der Waals surface area contributed by atoms with Crippen molar-refractivity contribution in [1.29, 1.82) is 0 Å². The van der Waals surface area contributed by atoms with E-state index in [1.165, 1.54) is 32.1 Å². The van der Waals surface area contributed by atoms with Crippen molar-refractivity contribution >= 4 is 78.2 Å². The molecule has 0 bridgehead atoms. The van der Waals surface area contributed by atoms with E-state index in [9.17, 15) is 48.5 Å². The summed E-state index contributed by atoms with van der Waals surface area (Å²) in [5.74, 6) is -4.95. The van der Waals surface area contributed by atoms with E-state index in [0.717, 1.165) is 52.9 Å². The predicted molar refractivity (Wildman–Crippen MR) is 228 cm³/mol. The van der Waals surface area contributed by atoms with Gasteiger partial charge in [-0.3, -0.25) is 28.5 Å². The molecule has 2 fully saturated rings. The number of carbonyl (C=O) groups is 5. The Kier molecular flexibility index (Phi) is 22.4. The molecule has 1 aromatic rings. The molecule has 1 aromatic heterocycles. The van der Waals surface area contributed by atoms with E-state index in [1.807, 2.05) is 0 Å². The van der Waals surface area contributed by atoms with Crippen molar-refractivity contribution < 1.29 is 94.7 Å². The van der Waals surface area contributed by atoms with E-state index < -0.39 is 119 Å². The van der Waals surface area contributed by atoms with Gasteiger partial charge in [0.05, 0.1) is 17.3 Å². The van der Waals surface area contributed by atoms with Gasteiger partial charge < -0.3 is 70.1 Å². The SMILES string of the molecule is CCCCCCCCCCCCCC(=O)OC[C@H](F)C1O[C@@H](OP(=O)(O)OP(O)(=S)OC[C@H]2O[C@@H](c3c(N)sc(C(N)=O)c3N)[C@H](O)[C@H]2O)[C@H](OC(C)=O)[C@@H](OC(C)=O)[C@@H]1OC(C)=O. The smallest absolute Gasteiger partial charge is 0.462 e. The van der Waals surface area contributed by atoms with Gasteiger partial charge in [-0.1, -0.05) is 71.1 Å². The number of esters is 4. The summed E-state index contributed by atoms with van der Waals surface area (Å²) in [6.45, 7) is -1.99. The molecule has 3 unspecified atom stereocenters. The van der Waals surface area contributed by atoms with Gasteiger partial charge in [0.15, 0.2) is 24.5 Å². The Labute approximate surface area is 378 Å². The molecule has 27 heteroatoms. The second-order valence-corrected chi connectivity index (χ2v) is 20.6. The highest BCUT2D eigenvalue weighted by Gasteiger charge is 2.57. The van der Waals surface area contributed by atoms with Gasteiger partial charge in [-0.2, -0.15) is 0 Å². The zero-order valence-electron chi connectivity index (χ0n) is 35.9. The fourth-order valence-corrected chi connectivity index (χ4v) is 11.0. The number of aliphatic hydroxyl groups is 2. The van der Waals surface area contributed by atoms with Crippen LogP contribution in [0.3, 0.4) is 0 Å². The predicted octanol–water partition coefficient (Wildman–Crippen LogP) is 3.64. The molecule has 12 atom stereocenters. The quantitative estimate of drug-likeness (QED) is 0.0286. The Bertz CT molecular complexity index is 1850. The molecule has 22 nitrogen and oxygen atoms in total. The van der Waals surface area contributed by atoms with Crippen LogP contribution in [0.15, 0.2) is 0 Å². The van der Waals surface area contributed by atoms with Gasteiger partial charge in [-0.15, -0.1) is 11.3 Å². The number of unbranched alkanes of at least 4 members (excludes halogenated alkanes) is 10. The molecule has 366 valence electrons. The third-order valence-electron chi connectivity index (χ3n) is 9.91. The molecule has 3 heterocycles. The number of ether oxygens (including phenoxy) is 6. The minimum Gasteiger partial charge on any atom is -0.462 e. The molecule has 2 aliphatic heterocycles. The molecule has 3 rings (SSSR count). The number of aliphatic hydroxyl groups excluding tert-OH is 2. The van der Waals surface area contributed by atoms with E-state index in [4.69, 9.17) is 70.8 Å². The molecule has 0 spiro atoms. The lowest BCUT2D eigenvalue weighted by molar-refractivity contribution is -0.296. The number of phosphoric ester groups is 1. The second kappa shape index (κ2) is 25.9. The number of carbonyl (C=O) groups excluding carboxylic acids is 5. The molecule has 0 radical (unpaired) electrons. The summed E-state index contributed by atoms with van der Waals surface area (Å²) < 4.78 is 76.4. The van der Waals surface area contributed by atoms with E-state index in [-0.39, 0.29) is 27.5 Å². The lowest BCUT2D eigenvalue weighted by Crippen LogP contribution is -2.64. The third kappa shape index (κ3) is 17.1. The number of nitrogen functional groups attached to an aromatic ring is 2. The molecule has 1 amide bonds. The lowest BCUT2D eigenvalue weighted by Gasteiger charge is -2.45.